The summed E-state index contributed by atoms with van der Waals surface area (Å²) in [5.41, 5.74) is 0.409. The molecule has 33 heavy (non-hydrogen) atoms. The Hall–Kier alpha value is -2.81. The van der Waals surface area contributed by atoms with Crippen LogP contribution >= 0.6 is 11.6 Å². The van der Waals surface area contributed by atoms with E-state index >= 15 is 0 Å². The van der Waals surface area contributed by atoms with Crippen LogP contribution in [0.4, 0.5) is 18.0 Å². The molecule has 1 saturated heterocycles. The maximum atomic E-state index is 13.0. The van der Waals surface area contributed by atoms with E-state index in [0.29, 0.717) is 42.9 Å². The molecule has 0 spiro atoms. The molecule has 10 heteroatoms. The predicted molar refractivity (Wildman–Crippen MR) is 118 cm³/mol. The van der Waals surface area contributed by atoms with E-state index in [1.165, 1.54) is 11.0 Å². The summed E-state index contributed by atoms with van der Waals surface area (Å²) in [5, 5.41) is 3.45. The first-order valence-corrected chi connectivity index (χ1v) is 11.1. The molecule has 0 aliphatic carbocycles. The molecule has 1 aromatic carbocycles. The monoisotopic (exact) mass is 482 g/mol. The number of alkyl halides is 3. The fourth-order valence-electron chi connectivity index (χ4n) is 3.89. The number of likely N-dealkylation sites (tertiary alicyclic amines) is 1. The van der Waals surface area contributed by atoms with Crippen LogP contribution < -0.4 is 5.32 Å². The third-order valence-corrected chi connectivity index (χ3v) is 5.95. The van der Waals surface area contributed by atoms with Crippen LogP contribution in [-0.2, 0) is 17.5 Å². The van der Waals surface area contributed by atoms with Crippen molar-refractivity contribution in [3.05, 3.63) is 64.4 Å². The zero-order chi connectivity index (χ0) is 24.2. The van der Waals surface area contributed by atoms with Crippen LogP contribution in [0, 0.1) is 0 Å². The van der Waals surface area contributed by atoms with Gasteiger partial charge in [0.15, 0.2) is 0 Å². The maximum absolute atomic E-state index is 13.0. The number of hydrogen-bond acceptors (Lipinski definition) is 3. The van der Waals surface area contributed by atoms with Crippen LogP contribution in [0.2, 0.25) is 5.02 Å². The number of benzene rings is 1. The summed E-state index contributed by atoms with van der Waals surface area (Å²) in [6, 6.07) is 7.88. The van der Waals surface area contributed by atoms with Crippen molar-refractivity contribution in [3.8, 4) is 0 Å². The Morgan fingerprint density at radius 2 is 1.94 bits per heavy atom. The summed E-state index contributed by atoms with van der Waals surface area (Å²) < 4.78 is 38.3. The largest absolute Gasteiger partial charge is 0.433 e. The van der Waals surface area contributed by atoms with Crippen molar-refractivity contribution in [1.29, 1.82) is 0 Å². The first-order valence-electron chi connectivity index (χ1n) is 10.7. The van der Waals surface area contributed by atoms with Gasteiger partial charge < -0.3 is 15.1 Å². The van der Waals surface area contributed by atoms with E-state index < -0.39 is 30.0 Å². The molecule has 1 aromatic heterocycles. The maximum Gasteiger partial charge on any atom is 0.433 e. The van der Waals surface area contributed by atoms with Gasteiger partial charge in [0.05, 0.1) is 6.04 Å². The van der Waals surface area contributed by atoms with Gasteiger partial charge in [-0.15, -0.1) is 0 Å². The van der Waals surface area contributed by atoms with E-state index in [9.17, 15) is 22.8 Å². The highest BCUT2D eigenvalue weighted by molar-refractivity contribution is 6.30. The molecule has 3 amide bonds. The zero-order valence-corrected chi connectivity index (χ0v) is 19.2. The first kappa shape index (κ1) is 24.8. The highest BCUT2D eigenvalue weighted by Crippen LogP contribution is 2.28. The number of likely N-dealkylation sites (N-methyl/N-ethyl adjacent to an activating group) is 1. The summed E-state index contributed by atoms with van der Waals surface area (Å²) in [4.78, 5) is 32.6. The molecule has 1 aliphatic rings. The zero-order valence-electron chi connectivity index (χ0n) is 18.4. The summed E-state index contributed by atoms with van der Waals surface area (Å²) in [5.74, 6) is -0.165. The molecule has 1 fully saturated rings. The van der Waals surface area contributed by atoms with Gasteiger partial charge in [0.2, 0.25) is 5.91 Å². The average Bonchev–Trinajstić information content (AvgIpc) is 3.28. The number of pyridine rings is 1. The van der Waals surface area contributed by atoms with Crippen molar-refractivity contribution in [1.82, 2.24) is 20.1 Å². The number of nitrogens with one attached hydrogen (secondary N) is 1. The lowest BCUT2D eigenvalue weighted by atomic mass is 10.1. The van der Waals surface area contributed by atoms with E-state index in [4.69, 9.17) is 11.6 Å². The lowest BCUT2D eigenvalue weighted by Crippen LogP contribution is -2.50. The first-order chi connectivity index (χ1) is 15.6. The van der Waals surface area contributed by atoms with E-state index in [1.54, 1.807) is 24.1 Å². The van der Waals surface area contributed by atoms with Crippen molar-refractivity contribution in [2.24, 2.45) is 0 Å². The minimum Gasteiger partial charge on any atom is -0.340 e. The molecule has 2 aromatic rings. The number of nitrogens with zero attached hydrogens (tertiary/aromatic N) is 3. The fourth-order valence-corrected chi connectivity index (χ4v) is 4.02. The van der Waals surface area contributed by atoms with Gasteiger partial charge in [-0.25, -0.2) is 4.79 Å². The average molecular weight is 483 g/mol. The van der Waals surface area contributed by atoms with Crippen LogP contribution in [0.5, 0.6) is 0 Å². The second-order valence-corrected chi connectivity index (χ2v) is 8.49. The molecule has 178 valence electrons. The number of urea groups is 1. The standard InChI is InChI=1S/C23H26ClF3N4O2/c1-3-18(16-8-11-20(28-13-16)23(25,26)27)29-22(33)31-12-4-5-19(31)21(32)30(2)14-15-6-9-17(24)10-7-15/h6-11,13,18-19H,3-5,12,14H2,1-2H3,(H,29,33)/t18-,19-/m1/s1. The van der Waals surface area contributed by atoms with Crippen LogP contribution in [0.25, 0.3) is 0 Å². The Morgan fingerprint density at radius 3 is 2.52 bits per heavy atom. The van der Waals surface area contributed by atoms with Gasteiger partial charge in [0, 0.05) is 31.4 Å². The summed E-state index contributed by atoms with van der Waals surface area (Å²) in [6.07, 6.45) is -1.69. The molecule has 1 aliphatic heterocycles. The number of carbonyl (C=O) groups is 2. The van der Waals surface area contributed by atoms with Gasteiger partial charge in [-0.2, -0.15) is 13.2 Å². The Balaban J connectivity index is 1.65. The Labute approximate surface area is 195 Å². The second kappa shape index (κ2) is 10.4. The lowest BCUT2D eigenvalue weighted by molar-refractivity contribution is -0.141. The molecule has 0 bridgehead atoms. The number of rotatable bonds is 6. The number of amides is 3. The summed E-state index contributed by atoms with van der Waals surface area (Å²) in [7, 11) is 1.69. The molecule has 2 heterocycles. The molecule has 2 atom stereocenters. The van der Waals surface area contributed by atoms with Gasteiger partial charge in [0.1, 0.15) is 11.7 Å². The SMILES string of the molecule is CC[C@@H](NC(=O)N1CCC[C@@H]1C(=O)N(C)Cc1ccc(Cl)cc1)c1ccc(C(F)(F)F)nc1. The number of aromatic nitrogens is 1. The van der Waals surface area contributed by atoms with E-state index in [1.807, 2.05) is 19.1 Å². The van der Waals surface area contributed by atoms with Crippen molar-refractivity contribution in [2.45, 2.75) is 51.0 Å². The van der Waals surface area contributed by atoms with E-state index in [2.05, 4.69) is 10.3 Å². The Bertz CT molecular complexity index is 967. The molecular weight excluding hydrogens is 457 g/mol. The molecule has 3 rings (SSSR count). The second-order valence-electron chi connectivity index (χ2n) is 8.06. The van der Waals surface area contributed by atoms with Gasteiger partial charge in [-0.3, -0.25) is 9.78 Å². The van der Waals surface area contributed by atoms with Crippen LogP contribution in [0.15, 0.2) is 42.6 Å². The lowest BCUT2D eigenvalue weighted by Gasteiger charge is -2.30. The Morgan fingerprint density at radius 1 is 1.24 bits per heavy atom. The molecule has 1 N–H and O–H groups in total. The van der Waals surface area contributed by atoms with Gasteiger partial charge >= 0.3 is 12.2 Å². The van der Waals surface area contributed by atoms with Crippen molar-refractivity contribution in [2.75, 3.05) is 13.6 Å². The van der Waals surface area contributed by atoms with Crippen molar-refractivity contribution in [3.63, 3.8) is 0 Å². The highest BCUT2D eigenvalue weighted by atomic mass is 35.5. The molecular formula is C23H26ClF3N4O2. The fraction of sp³-hybridized carbons (Fsp3) is 0.435. The molecule has 0 radical (unpaired) electrons. The van der Waals surface area contributed by atoms with Crippen LogP contribution in [0.1, 0.15) is 49.0 Å². The summed E-state index contributed by atoms with van der Waals surface area (Å²) in [6.45, 7) is 2.63. The smallest absolute Gasteiger partial charge is 0.340 e. The third kappa shape index (κ3) is 6.16. The normalized spacial score (nSPS) is 17.0. The minimum atomic E-state index is -4.52. The molecule has 0 unspecified atom stereocenters. The van der Waals surface area contributed by atoms with Gasteiger partial charge in [-0.05, 0) is 48.6 Å². The molecule has 0 saturated carbocycles. The number of halogens is 4. The summed E-state index contributed by atoms with van der Waals surface area (Å²) >= 11 is 5.91. The van der Waals surface area contributed by atoms with Crippen LogP contribution in [0.3, 0.4) is 0 Å². The number of carbonyl (C=O) groups excluding carboxylic acids is 2. The van der Waals surface area contributed by atoms with Gasteiger partial charge in [0.25, 0.3) is 0 Å². The Kier molecular flexibility index (Phi) is 7.84. The van der Waals surface area contributed by atoms with Gasteiger partial charge in [-0.1, -0.05) is 36.7 Å². The quantitative estimate of drug-likeness (QED) is 0.627. The van der Waals surface area contributed by atoms with E-state index in [0.717, 1.165) is 17.8 Å². The number of hydrogen-bond donors (Lipinski definition) is 1. The molecule has 6 nitrogen and oxygen atoms in total. The van der Waals surface area contributed by atoms with Crippen LogP contribution in [-0.4, -0.2) is 46.4 Å². The van der Waals surface area contributed by atoms with E-state index in [-0.39, 0.29) is 5.91 Å². The predicted octanol–water partition coefficient (Wildman–Crippen LogP) is 5.04. The van der Waals surface area contributed by atoms with Crippen molar-refractivity contribution >= 4 is 23.5 Å². The third-order valence-electron chi connectivity index (χ3n) is 5.69. The highest BCUT2D eigenvalue weighted by Gasteiger charge is 2.36. The topological polar surface area (TPSA) is 65.5 Å². The van der Waals surface area contributed by atoms with Crippen molar-refractivity contribution < 1.29 is 22.8 Å². The minimum absolute atomic E-state index is 0.165.